The molecule has 0 atom stereocenters. The molecule has 0 unspecified atom stereocenters. The van der Waals surface area contributed by atoms with Gasteiger partial charge in [0.15, 0.2) is 0 Å². The van der Waals surface area contributed by atoms with Gasteiger partial charge in [-0.25, -0.2) is 0 Å². The van der Waals surface area contributed by atoms with E-state index in [1.165, 1.54) is 12.3 Å². The van der Waals surface area contributed by atoms with Crippen molar-refractivity contribution in [3.05, 3.63) is 24.0 Å². The number of hydrogen-bond acceptors (Lipinski definition) is 3. The number of nitrogens with two attached hydrogens (primary N) is 1. The lowest BCUT2D eigenvalue weighted by Gasteiger charge is -1.98. The van der Waals surface area contributed by atoms with Crippen molar-refractivity contribution in [2.45, 2.75) is 0 Å². The van der Waals surface area contributed by atoms with E-state index in [0.29, 0.717) is 11.4 Å². The van der Waals surface area contributed by atoms with Gasteiger partial charge in [-0.1, -0.05) is 0 Å². The summed E-state index contributed by atoms with van der Waals surface area (Å²) in [5, 5.41) is 2.45. The first-order valence-electron chi connectivity index (χ1n) is 3.17. The van der Waals surface area contributed by atoms with Gasteiger partial charge in [-0.15, -0.1) is 0 Å². The number of carbonyl (C=O) groups is 1. The minimum absolute atomic E-state index is 0.225. The second kappa shape index (κ2) is 3.01. The van der Waals surface area contributed by atoms with E-state index in [2.05, 4.69) is 10.3 Å². The molecule has 4 nitrogen and oxygen atoms in total. The number of hydrogen-bond donors (Lipinski definition) is 2. The van der Waals surface area contributed by atoms with Crippen molar-refractivity contribution in [1.82, 2.24) is 10.3 Å². The summed E-state index contributed by atoms with van der Waals surface area (Å²) in [5.74, 6) is -0.225. The Morgan fingerprint density at radius 2 is 2.45 bits per heavy atom. The molecule has 1 rings (SSSR count). The number of nitrogen functional groups attached to an aromatic ring is 1. The van der Waals surface area contributed by atoms with Crippen LogP contribution in [0.3, 0.4) is 0 Å². The van der Waals surface area contributed by atoms with Crippen LogP contribution in [0.15, 0.2) is 18.3 Å². The van der Waals surface area contributed by atoms with Crippen molar-refractivity contribution in [3.8, 4) is 0 Å². The number of carbonyl (C=O) groups excluding carboxylic acids is 1. The molecule has 3 N–H and O–H groups in total. The maximum Gasteiger partial charge on any atom is 0.269 e. The van der Waals surface area contributed by atoms with Crippen molar-refractivity contribution in [2.75, 3.05) is 12.8 Å². The van der Waals surface area contributed by atoms with Crippen LogP contribution in [0.4, 0.5) is 5.69 Å². The standard InChI is InChI=1S/C7H9N3O/c1-9-7(11)6-4-5(8)2-3-10-6/h2-4H,1H3,(H2,8,10)(H,9,11). The van der Waals surface area contributed by atoms with Crippen LogP contribution in [0.5, 0.6) is 0 Å². The summed E-state index contributed by atoms with van der Waals surface area (Å²) in [7, 11) is 1.55. The van der Waals surface area contributed by atoms with Crippen LogP contribution in [-0.4, -0.2) is 17.9 Å². The normalized spacial score (nSPS) is 9.18. The predicted octanol–water partition coefficient (Wildman–Crippen LogP) is 0.0234. The highest BCUT2D eigenvalue weighted by Crippen LogP contribution is 2.01. The Kier molecular flexibility index (Phi) is 2.06. The predicted molar refractivity (Wildman–Crippen MR) is 42.0 cm³/mol. The third-order valence-electron chi connectivity index (χ3n) is 1.24. The van der Waals surface area contributed by atoms with Crippen LogP contribution in [0.1, 0.15) is 10.5 Å². The van der Waals surface area contributed by atoms with E-state index in [0.717, 1.165) is 0 Å². The summed E-state index contributed by atoms with van der Waals surface area (Å²) < 4.78 is 0. The van der Waals surface area contributed by atoms with E-state index in [9.17, 15) is 4.79 Å². The number of nitrogens with one attached hydrogen (secondary N) is 1. The second-order valence-electron chi connectivity index (χ2n) is 2.05. The highest BCUT2D eigenvalue weighted by Gasteiger charge is 2.02. The van der Waals surface area contributed by atoms with Crippen molar-refractivity contribution >= 4 is 11.6 Å². The van der Waals surface area contributed by atoms with E-state index >= 15 is 0 Å². The van der Waals surface area contributed by atoms with E-state index < -0.39 is 0 Å². The molecule has 0 spiro atoms. The zero-order valence-corrected chi connectivity index (χ0v) is 6.16. The molecule has 0 aromatic carbocycles. The highest BCUT2D eigenvalue weighted by molar-refractivity contribution is 5.92. The van der Waals surface area contributed by atoms with Gasteiger partial charge in [0, 0.05) is 18.9 Å². The Balaban J connectivity index is 2.96. The number of pyridine rings is 1. The fourth-order valence-electron chi connectivity index (χ4n) is 0.699. The molecule has 0 aliphatic carbocycles. The van der Waals surface area contributed by atoms with Gasteiger partial charge in [0.25, 0.3) is 5.91 Å². The molecule has 0 aliphatic rings. The monoisotopic (exact) mass is 151 g/mol. The molecule has 4 heteroatoms. The summed E-state index contributed by atoms with van der Waals surface area (Å²) in [5.41, 5.74) is 6.31. The molecule has 0 fully saturated rings. The first kappa shape index (κ1) is 7.53. The number of nitrogens with zero attached hydrogens (tertiary/aromatic N) is 1. The maximum absolute atomic E-state index is 10.9. The molecule has 58 valence electrons. The third-order valence-corrected chi connectivity index (χ3v) is 1.24. The van der Waals surface area contributed by atoms with Crippen LogP contribution in [0, 0.1) is 0 Å². The van der Waals surface area contributed by atoms with Crippen molar-refractivity contribution in [1.29, 1.82) is 0 Å². The van der Waals surface area contributed by atoms with Gasteiger partial charge < -0.3 is 11.1 Å². The molecule has 0 radical (unpaired) electrons. The van der Waals surface area contributed by atoms with Gasteiger partial charge in [0.1, 0.15) is 5.69 Å². The number of rotatable bonds is 1. The Hall–Kier alpha value is -1.58. The number of amides is 1. The Morgan fingerprint density at radius 1 is 1.73 bits per heavy atom. The van der Waals surface area contributed by atoms with Gasteiger partial charge in [-0.3, -0.25) is 9.78 Å². The van der Waals surface area contributed by atoms with Gasteiger partial charge in [0.2, 0.25) is 0 Å². The molecule has 1 aromatic heterocycles. The third kappa shape index (κ3) is 1.67. The average molecular weight is 151 g/mol. The van der Waals surface area contributed by atoms with Crippen molar-refractivity contribution in [2.24, 2.45) is 0 Å². The SMILES string of the molecule is CNC(=O)c1cc(N)ccn1. The molecule has 1 heterocycles. The van der Waals surface area contributed by atoms with Crippen LogP contribution < -0.4 is 11.1 Å². The number of aromatic nitrogens is 1. The van der Waals surface area contributed by atoms with Gasteiger partial charge in [0.05, 0.1) is 0 Å². The van der Waals surface area contributed by atoms with E-state index in [1.807, 2.05) is 0 Å². The summed E-state index contributed by atoms with van der Waals surface area (Å²) in [6.45, 7) is 0. The minimum Gasteiger partial charge on any atom is -0.399 e. The summed E-state index contributed by atoms with van der Waals surface area (Å²) in [4.78, 5) is 14.8. The molecule has 1 amide bonds. The quantitative estimate of drug-likeness (QED) is 0.594. The Morgan fingerprint density at radius 3 is 3.00 bits per heavy atom. The molecule has 0 aliphatic heterocycles. The fraction of sp³-hybridized carbons (Fsp3) is 0.143. The van der Waals surface area contributed by atoms with Crippen LogP contribution >= 0.6 is 0 Å². The zero-order chi connectivity index (χ0) is 8.27. The lowest BCUT2D eigenvalue weighted by atomic mass is 10.3. The molecule has 0 saturated heterocycles. The molecule has 0 saturated carbocycles. The zero-order valence-electron chi connectivity index (χ0n) is 6.16. The first-order valence-corrected chi connectivity index (χ1v) is 3.17. The largest absolute Gasteiger partial charge is 0.399 e. The molecular weight excluding hydrogens is 142 g/mol. The van der Waals surface area contributed by atoms with Crippen molar-refractivity contribution in [3.63, 3.8) is 0 Å². The van der Waals surface area contributed by atoms with E-state index in [4.69, 9.17) is 5.73 Å². The summed E-state index contributed by atoms with van der Waals surface area (Å²) in [6, 6.07) is 3.16. The average Bonchev–Trinajstić information content (AvgIpc) is 2.03. The summed E-state index contributed by atoms with van der Waals surface area (Å²) >= 11 is 0. The number of anilines is 1. The van der Waals surface area contributed by atoms with Gasteiger partial charge >= 0.3 is 0 Å². The lowest BCUT2D eigenvalue weighted by Crippen LogP contribution is -2.19. The van der Waals surface area contributed by atoms with Crippen molar-refractivity contribution < 1.29 is 4.79 Å². The van der Waals surface area contributed by atoms with Gasteiger partial charge in [-0.05, 0) is 12.1 Å². The smallest absolute Gasteiger partial charge is 0.269 e. The molecule has 11 heavy (non-hydrogen) atoms. The van der Waals surface area contributed by atoms with E-state index in [-0.39, 0.29) is 5.91 Å². The van der Waals surface area contributed by atoms with Crippen LogP contribution in [0.25, 0.3) is 0 Å². The van der Waals surface area contributed by atoms with Crippen LogP contribution in [0.2, 0.25) is 0 Å². The van der Waals surface area contributed by atoms with Gasteiger partial charge in [-0.2, -0.15) is 0 Å². The lowest BCUT2D eigenvalue weighted by molar-refractivity contribution is 0.0958. The highest BCUT2D eigenvalue weighted by atomic mass is 16.1. The topological polar surface area (TPSA) is 68.0 Å². The molecular formula is C7H9N3O. The maximum atomic E-state index is 10.9. The Bertz CT molecular complexity index is 272. The first-order chi connectivity index (χ1) is 5.24. The Labute approximate surface area is 64.4 Å². The minimum atomic E-state index is -0.225. The molecule has 1 aromatic rings. The fourth-order valence-corrected chi connectivity index (χ4v) is 0.699. The second-order valence-corrected chi connectivity index (χ2v) is 2.05. The summed E-state index contributed by atoms with van der Waals surface area (Å²) in [6.07, 6.45) is 1.50. The van der Waals surface area contributed by atoms with E-state index in [1.54, 1.807) is 13.1 Å². The molecule has 0 bridgehead atoms. The van der Waals surface area contributed by atoms with Crippen LogP contribution in [-0.2, 0) is 0 Å².